The Morgan fingerprint density at radius 1 is 0.649 bits per heavy atom. The van der Waals surface area contributed by atoms with Crippen LogP contribution in [0.1, 0.15) is 159 Å². The van der Waals surface area contributed by atoms with E-state index in [2.05, 4.69) is 75.0 Å². The Hall–Kier alpha value is -10.3. The number of nitrogens with one attached hydrogen (secondary N) is 12. The van der Waals surface area contributed by atoms with E-state index in [0.717, 1.165) is 30.4 Å². The summed E-state index contributed by atoms with van der Waals surface area (Å²) in [5.74, 6) is -7.50. The molecule has 0 radical (unpaired) electrons. The van der Waals surface area contributed by atoms with Gasteiger partial charge < -0.3 is 95.4 Å². The molecule has 2 aliphatic rings. The minimum absolute atomic E-state index is 0.00230. The second kappa shape index (κ2) is 45.0. The molecular weight excluding hydrogens is 1500 g/mol. The van der Waals surface area contributed by atoms with Gasteiger partial charge in [-0.2, -0.15) is 23.5 Å². The Kier molecular flexibility index (Phi) is 35.9. The lowest BCUT2D eigenvalue weighted by Crippen LogP contribution is -2.62. The van der Waals surface area contributed by atoms with Crippen LogP contribution in [0.5, 0.6) is 11.5 Å². The zero-order valence-electron chi connectivity index (χ0n) is 65.6. The zero-order chi connectivity index (χ0) is 83.2. The van der Waals surface area contributed by atoms with E-state index in [1.165, 1.54) is 73.8 Å². The number of amides is 12. The molecule has 31 nitrogen and oxygen atoms in total. The van der Waals surface area contributed by atoms with Crippen molar-refractivity contribution in [2.75, 3.05) is 18.1 Å². The smallest absolute Gasteiger partial charge is 0.245 e. The molecule has 20 N–H and O–H groups in total. The third kappa shape index (κ3) is 29.6. The standard InChI is InChI=1S/C81H113N15O16S2/c1-8-16-58-47(3)87-59(74(106)91-62(40-50-27-31-56(100)32-28-50)78(110)96-69(72(83)105)53-19-10-9-11-20-53)22-13-24-65(101)84-34-15-23-60(75(107)95-68(48(4)98)79(111)92-63(77(109)89-58)41-54-42-86-73-57(54)21-14-35-85-73)90-76(108)61(39-49-25-29-55(99)30-26-49)93-80(112)70(81(5,6)7)94-66(102)33-36-113-43-51-17-12-18-52(38-51)44-114-45-64(71(82)104)88-67(103)37-46(2)97/h12,14,17-18,21,25-32,35,38,42,46,48,53,58-64,68-70,87,97-100H,3,8-11,13,15-16,19-20,22-24,33-34,36-37,39-41,43-45H2,1-2,4-7H3,(H2,82,104)(H2,83,105)(H,84,101)(H,85,86)(H,88,103)(H,89,109)(H,90,108)(H,91,106)(H,92,111)(H,93,112)(H,94,102)(H,95,107)(H,96,110)/t46-,48-,58+,59+,60+,61+,62+,63+,64+,68-,69+,70?/m1/s1. The van der Waals surface area contributed by atoms with Gasteiger partial charge in [0.15, 0.2) is 0 Å². The average Bonchev–Trinajstić information content (AvgIpc) is 1.65. The Morgan fingerprint density at radius 3 is 1.90 bits per heavy atom. The number of aromatic nitrogens is 2. The first-order valence-electron chi connectivity index (χ1n) is 38.8. The number of thioether (sulfide) groups is 2. The largest absolute Gasteiger partial charge is 0.508 e. The predicted octanol–water partition coefficient (Wildman–Crippen LogP) is 3.02. The Balaban J connectivity index is 1.12. The molecule has 0 bridgehead atoms. The van der Waals surface area contributed by atoms with Crippen molar-refractivity contribution >= 4 is 105 Å². The Labute approximate surface area is 673 Å². The number of aromatic amines is 1. The molecule has 2 aromatic heterocycles. The van der Waals surface area contributed by atoms with E-state index in [1.54, 1.807) is 57.4 Å². The van der Waals surface area contributed by atoms with Gasteiger partial charge in [0.25, 0.3) is 0 Å². The van der Waals surface area contributed by atoms with Crippen molar-refractivity contribution < 1.29 is 78.0 Å². The van der Waals surface area contributed by atoms with Gasteiger partial charge in [-0.3, -0.25) is 57.5 Å². The summed E-state index contributed by atoms with van der Waals surface area (Å²) in [6.45, 7) is 13.9. The fourth-order valence-electron chi connectivity index (χ4n) is 13.6. The number of aliphatic hydroxyl groups excluding tert-OH is 2. The number of hydrogen-bond acceptors (Lipinski definition) is 20. The minimum Gasteiger partial charge on any atom is -0.508 e. The number of carbonyl (C=O) groups excluding carboxylic acids is 12. The number of aliphatic hydroxyl groups is 2. The molecular formula is C81H113N15O16S2. The molecule has 5 aromatic rings. The van der Waals surface area contributed by atoms with Gasteiger partial charge in [-0.1, -0.05) is 108 Å². The average molecular weight is 1620 g/mol. The maximum Gasteiger partial charge on any atom is 0.245 e. The van der Waals surface area contributed by atoms with Crippen molar-refractivity contribution in [2.24, 2.45) is 22.8 Å². The van der Waals surface area contributed by atoms with E-state index < -0.39 is 149 Å². The van der Waals surface area contributed by atoms with Crippen molar-refractivity contribution in [3.8, 4) is 11.5 Å². The number of benzene rings is 3. The van der Waals surface area contributed by atoms with Crippen LogP contribution >= 0.6 is 23.5 Å². The molecule has 1 saturated heterocycles. The zero-order valence-corrected chi connectivity index (χ0v) is 67.2. The third-order valence-corrected chi connectivity index (χ3v) is 21.9. The molecule has 3 heterocycles. The number of nitrogens with zero attached hydrogens (tertiary/aromatic N) is 1. The molecule has 1 aliphatic heterocycles. The van der Waals surface area contributed by atoms with Gasteiger partial charge in [0.05, 0.1) is 24.7 Å². The SMILES string of the molecule is C=C1N[C@H](C(=O)N[C@@H](Cc2ccc(O)cc2)C(=O)N[C@H](C(N)=O)C2CCCCC2)CCCC(=O)NCCC[C@H](NC(=O)[C@H](Cc2ccc(O)cc2)NC(=O)C(NC(=O)CCSCc2cccc(CSC[C@H](NC(=O)C[C@@H](C)O)C(N)=O)c2)C(C)(C)C)C(=O)N[C@H]([C@@H](C)O)C(=O)N[C@@H](Cc2c[nH]c3ncccc23)C(=O)N[C@H]1CCC. The summed E-state index contributed by atoms with van der Waals surface area (Å²) in [7, 11) is 0. The van der Waals surface area contributed by atoms with Crippen molar-refractivity contribution in [3.63, 3.8) is 0 Å². The van der Waals surface area contributed by atoms with Crippen LogP contribution in [0.3, 0.4) is 0 Å². The molecule has 7 rings (SSSR count). The van der Waals surface area contributed by atoms with Gasteiger partial charge in [-0.25, -0.2) is 4.98 Å². The highest BCUT2D eigenvalue weighted by molar-refractivity contribution is 7.98. The van der Waals surface area contributed by atoms with Crippen LogP contribution in [0.2, 0.25) is 0 Å². The number of H-pyrrole nitrogens is 1. The van der Waals surface area contributed by atoms with Crippen LogP contribution in [0.25, 0.3) is 11.0 Å². The van der Waals surface area contributed by atoms with Crippen LogP contribution in [0.4, 0.5) is 0 Å². The number of primary amides is 2. The van der Waals surface area contributed by atoms with Crippen molar-refractivity contribution in [1.82, 2.24) is 68.5 Å². The molecule has 12 amide bonds. The number of nitrogens with two attached hydrogens (primary N) is 2. The second-order valence-corrected chi connectivity index (χ2v) is 32.6. The van der Waals surface area contributed by atoms with E-state index in [0.29, 0.717) is 64.2 Å². The summed E-state index contributed by atoms with van der Waals surface area (Å²) in [4.78, 5) is 177. The molecule has 620 valence electrons. The monoisotopic (exact) mass is 1620 g/mol. The van der Waals surface area contributed by atoms with Crippen LogP contribution < -0.4 is 70.0 Å². The maximum absolute atomic E-state index is 15.1. The highest BCUT2D eigenvalue weighted by atomic mass is 32.2. The second-order valence-electron chi connectivity index (χ2n) is 30.5. The van der Waals surface area contributed by atoms with E-state index in [1.807, 2.05) is 31.2 Å². The van der Waals surface area contributed by atoms with Crippen LogP contribution in [0.15, 0.2) is 110 Å². The lowest BCUT2D eigenvalue weighted by molar-refractivity contribution is -0.137. The number of carbonyl (C=O) groups is 12. The number of hydrogen-bond donors (Lipinski definition) is 18. The van der Waals surface area contributed by atoms with Gasteiger partial charge in [0.2, 0.25) is 70.9 Å². The molecule has 1 saturated carbocycles. The van der Waals surface area contributed by atoms with Crippen LogP contribution in [-0.2, 0) is 88.3 Å². The molecule has 1 unspecified atom stereocenters. The van der Waals surface area contributed by atoms with Crippen molar-refractivity contribution in [2.45, 2.75) is 235 Å². The fraction of sp³-hybridized carbons (Fsp3) is 0.519. The molecule has 2 fully saturated rings. The maximum atomic E-state index is 15.1. The number of fused-ring (bicyclic) bond motifs is 1. The number of phenolic OH excluding ortho intramolecular Hbond substituents is 2. The normalized spacial score (nSPS) is 19.8. The van der Waals surface area contributed by atoms with E-state index in [-0.39, 0.29) is 106 Å². The van der Waals surface area contributed by atoms with Gasteiger partial charge in [-0.15, -0.1) is 0 Å². The number of aromatic hydroxyl groups is 2. The van der Waals surface area contributed by atoms with Crippen molar-refractivity contribution in [3.05, 3.63) is 137 Å². The predicted molar refractivity (Wildman–Crippen MR) is 434 cm³/mol. The number of phenols is 2. The fourth-order valence-corrected chi connectivity index (χ4v) is 15.5. The topological polar surface area (TPSA) is 499 Å². The summed E-state index contributed by atoms with van der Waals surface area (Å²) < 4.78 is 0. The summed E-state index contributed by atoms with van der Waals surface area (Å²) in [6, 6.07) is 10.0. The highest BCUT2D eigenvalue weighted by Crippen LogP contribution is 2.28. The first-order chi connectivity index (χ1) is 54.2. The van der Waals surface area contributed by atoms with Gasteiger partial charge >= 0.3 is 0 Å². The van der Waals surface area contributed by atoms with Crippen molar-refractivity contribution in [1.29, 1.82) is 0 Å². The summed E-state index contributed by atoms with van der Waals surface area (Å²) >= 11 is 2.87. The van der Waals surface area contributed by atoms with Gasteiger partial charge in [0.1, 0.15) is 71.5 Å². The minimum atomic E-state index is -1.80. The van der Waals surface area contributed by atoms with E-state index in [9.17, 15) is 68.4 Å². The lowest BCUT2D eigenvalue weighted by Gasteiger charge is -2.32. The Bertz CT molecular complexity index is 4110. The summed E-state index contributed by atoms with van der Waals surface area (Å²) in [6.07, 6.45) is 4.22. The molecule has 114 heavy (non-hydrogen) atoms. The molecule has 1 aliphatic carbocycles. The lowest BCUT2D eigenvalue weighted by atomic mass is 9.83. The number of rotatable bonds is 33. The molecule has 12 atom stereocenters. The molecule has 0 spiro atoms. The summed E-state index contributed by atoms with van der Waals surface area (Å²) in [5.41, 5.74) is 14.6. The van der Waals surface area contributed by atoms with E-state index >= 15 is 9.59 Å². The highest BCUT2D eigenvalue weighted by Gasteiger charge is 2.40. The summed E-state index contributed by atoms with van der Waals surface area (Å²) in [5, 5.41) is 73.1. The third-order valence-electron chi connectivity index (χ3n) is 19.8. The quantitative estimate of drug-likeness (QED) is 0.0268. The number of pyridine rings is 1. The van der Waals surface area contributed by atoms with Gasteiger partial charge in [-0.05, 0) is 134 Å². The van der Waals surface area contributed by atoms with Gasteiger partial charge in [0, 0.05) is 85.1 Å². The Morgan fingerprint density at radius 2 is 1.29 bits per heavy atom. The first kappa shape index (κ1) is 90.9. The first-order valence-corrected chi connectivity index (χ1v) is 41.1. The molecule has 3 aromatic carbocycles. The molecule has 33 heteroatoms. The van der Waals surface area contributed by atoms with E-state index in [4.69, 9.17) is 11.5 Å². The van der Waals surface area contributed by atoms with Crippen LogP contribution in [-0.4, -0.2) is 192 Å². The van der Waals surface area contributed by atoms with Crippen LogP contribution in [0, 0.1) is 11.3 Å².